The zero-order valence-electron chi connectivity index (χ0n) is 18.8. The lowest BCUT2D eigenvalue weighted by Crippen LogP contribution is -2.31. The molecule has 0 fully saturated rings. The second kappa shape index (κ2) is 8.87. The monoisotopic (exact) mass is 453 g/mol. The lowest BCUT2D eigenvalue weighted by Gasteiger charge is -2.17. The maximum Gasteiger partial charge on any atom is 0.254 e. The fourth-order valence-electron chi connectivity index (χ4n) is 4.09. The summed E-state index contributed by atoms with van der Waals surface area (Å²) >= 11 is 3.81. The fourth-order valence-corrected chi connectivity index (χ4v) is 4.46. The number of benzene rings is 2. The van der Waals surface area contributed by atoms with Crippen molar-refractivity contribution < 1.29 is 4.57 Å². The molecule has 0 spiro atoms. The van der Waals surface area contributed by atoms with Gasteiger partial charge in [-0.25, -0.2) is 9.13 Å². The second-order valence-corrected chi connectivity index (χ2v) is 10.3. The summed E-state index contributed by atoms with van der Waals surface area (Å²) in [5, 5.41) is 0. The van der Waals surface area contributed by atoms with E-state index in [2.05, 4.69) is 129 Å². The van der Waals surface area contributed by atoms with Crippen molar-refractivity contribution in [2.24, 2.45) is 0 Å². The van der Waals surface area contributed by atoms with E-state index in [4.69, 9.17) is 0 Å². The summed E-state index contributed by atoms with van der Waals surface area (Å²) in [7, 11) is 0. The van der Waals surface area contributed by atoms with E-state index in [1.165, 1.54) is 33.6 Å². The molecule has 3 rings (SSSR count). The average molecular weight is 454 g/mol. The molecule has 1 aromatic heterocycles. The first-order chi connectivity index (χ1) is 13.7. The first-order valence-electron chi connectivity index (χ1n) is 10.7. The summed E-state index contributed by atoms with van der Waals surface area (Å²) in [4.78, 5) is 0.293. The van der Waals surface area contributed by atoms with Crippen LogP contribution in [0.1, 0.15) is 93.3 Å². The normalized spacial score (nSPS) is 12.9. The van der Waals surface area contributed by atoms with Crippen molar-refractivity contribution in [3.63, 3.8) is 0 Å². The maximum atomic E-state index is 3.81. The highest BCUT2D eigenvalue weighted by atomic mass is 79.9. The van der Waals surface area contributed by atoms with Gasteiger partial charge >= 0.3 is 0 Å². The molecule has 0 amide bonds. The van der Waals surface area contributed by atoms with E-state index in [1.54, 1.807) is 0 Å². The summed E-state index contributed by atoms with van der Waals surface area (Å²) < 4.78 is 4.61. The van der Waals surface area contributed by atoms with Crippen LogP contribution < -0.4 is 4.57 Å². The van der Waals surface area contributed by atoms with E-state index < -0.39 is 0 Å². The Balaban J connectivity index is 2.23. The first kappa shape index (κ1) is 21.8. The molecular weight excluding hydrogens is 420 g/mol. The Labute approximate surface area is 184 Å². The van der Waals surface area contributed by atoms with Gasteiger partial charge in [0.05, 0.1) is 0 Å². The SMILES string of the molecule is CC(C)c1cccc(C(C)C)c1-n1cc[n+](-c2c(C(C)C)cccc2C(C)Br)c1. The molecule has 1 unspecified atom stereocenters. The predicted molar refractivity (Wildman–Crippen MR) is 127 cm³/mol. The largest absolute Gasteiger partial charge is 0.254 e. The predicted octanol–water partition coefficient (Wildman–Crippen LogP) is 7.58. The molecule has 0 bridgehead atoms. The van der Waals surface area contributed by atoms with Crippen molar-refractivity contribution in [1.82, 2.24) is 4.57 Å². The van der Waals surface area contributed by atoms with Crippen LogP contribution in [0.15, 0.2) is 55.1 Å². The third-order valence-corrected chi connectivity index (χ3v) is 6.14. The summed E-state index contributed by atoms with van der Waals surface area (Å²) in [6.45, 7) is 15.8. The summed E-state index contributed by atoms with van der Waals surface area (Å²) in [5.74, 6) is 1.41. The zero-order valence-corrected chi connectivity index (χ0v) is 20.4. The molecule has 1 atom stereocenters. The van der Waals surface area contributed by atoms with E-state index in [0.29, 0.717) is 22.6 Å². The quantitative estimate of drug-likeness (QED) is 0.268. The molecule has 0 aliphatic rings. The molecule has 0 aliphatic heterocycles. The zero-order chi connectivity index (χ0) is 21.3. The first-order valence-corrected chi connectivity index (χ1v) is 11.6. The Hall–Kier alpha value is -1.87. The number of hydrogen-bond donors (Lipinski definition) is 0. The number of alkyl halides is 1. The van der Waals surface area contributed by atoms with Gasteiger partial charge in [0.2, 0.25) is 0 Å². The molecule has 29 heavy (non-hydrogen) atoms. The highest BCUT2D eigenvalue weighted by Crippen LogP contribution is 2.33. The minimum absolute atomic E-state index is 0.293. The Morgan fingerprint density at radius 3 is 1.69 bits per heavy atom. The lowest BCUT2D eigenvalue weighted by atomic mass is 9.92. The summed E-state index contributed by atoms with van der Waals surface area (Å²) in [5.41, 5.74) is 8.10. The Morgan fingerprint density at radius 2 is 1.21 bits per heavy atom. The molecular formula is C26H34BrN2+. The minimum Gasteiger partial charge on any atom is -0.201 e. The van der Waals surface area contributed by atoms with Crippen molar-refractivity contribution >= 4 is 15.9 Å². The van der Waals surface area contributed by atoms with Crippen LogP contribution in [-0.4, -0.2) is 4.57 Å². The van der Waals surface area contributed by atoms with Gasteiger partial charge in [0.25, 0.3) is 6.33 Å². The van der Waals surface area contributed by atoms with Crippen molar-refractivity contribution in [3.05, 3.63) is 77.4 Å². The van der Waals surface area contributed by atoms with Gasteiger partial charge in [-0.2, -0.15) is 0 Å². The molecule has 154 valence electrons. The van der Waals surface area contributed by atoms with Crippen LogP contribution in [0.4, 0.5) is 0 Å². The molecule has 0 N–H and O–H groups in total. The van der Waals surface area contributed by atoms with Crippen LogP contribution >= 0.6 is 15.9 Å². The van der Waals surface area contributed by atoms with Gasteiger partial charge in [-0.1, -0.05) is 93.9 Å². The van der Waals surface area contributed by atoms with Gasteiger partial charge in [-0.05, 0) is 24.7 Å². The molecule has 0 saturated carbocycles. The number of nitrogens with zero attached hydrogens (tertiary/aromatic N) is 2. The van der Waals surface area contributed by atoms with Gasteiger partial charge in [0, 0.05) is 27.1 Å². The van der Waals surface area contributed by atoms with Gasteiger partial charge in [-0.15, -0.1) is 0 Å². The highest BCUT2D eigenvalue weighted by Gasteiger charge is 2.24. The number of imidazole rings is 1. The number of hydrogen-bond acceptors (Lipinski definition) is 0. The number of rotatable bonds is 6. The molecule has 0 saturated heterocycles. The van der Waals surface area contributed by atoms with Gasteiger partial charge in [0.15, 0.2) is 0 Å². The smallest absolute Gasteiger partial charge is 0.201 e. The van der Waals surface area contributed by atoms with E-state index >= 15 is 0 Å². The highest BCUT2D eigenvalue weighted by molar-refractivity contribution is 9.09. The van der Waals surface area contributed by atoms with Gasteiger partial charge < -0.3 is 0 Å². The Kier molecular flexibility index (Phi) is 6.68. The van der Waals surface area contributed by atoms with Crippen LogP contribution in [0, 0.1) is 0 Å². The van der Waals surface area contributed by atoms with Crippen molar-refractivity contribution in [3.8, 4) is 11.4 Å². The molecule has 0 radical (unpaired) electrons. The van der Waals surface area contributed by atoms with E-state index in [-0.39, 0.29) is 0 Å². The van der Waals surface area contributed by atoms with Crippen LogP contribution in [0.5, 0.6) is 0 Å². The average Bonchev–Trinajstić information content (AvgIpc) is 3.15. The second-order valence-electron chi connectivity index (χ2n) is 8.88. The van der Waals surface area contributed by atoms with Crippen molar-refractivity contribution in [2.45, 2.75) is 71.0 Å². The maximum absolute atomic E-state index is 3.81. The van der Waals surface area contributed by atoms with E-state index in [9.17, 15) is 0 Å². The third kappa shape index (κ3) is 4.35. The molecule has 2 nitrogen and oxygen atoms in total. The molecule has 3 heteroatoms. The molecule has 2 aromatic carbocycles. The van der Waals surface area contributed by atoms with Crippen LogP contribution in [0.25, 0.3) is 11.4 Å². The van der Waals surface area contributed by atoms with Crippen molar-refractivity contribution in [2.75, 3.05) is 0 Å². The van der Waals surface area contributed by atoms with Gasteiger partial charge in [0.1, 0.15) is 23.8 Å². The van der Waals surface area contributed by atoms with Crippen LogP contribution in [0.2, 0.25) is 0 Å². The Bertz CT molecular complexity index is 850. The van der Waals surface area contributed by atoms with E-state index in [0.717, 1.165) is 0 Å². The minimum atomic E-state index is 0.293. The van der Waals surface area contributed by atoms with Crippen LogP contribution in [0.3, 0.4) is 0 Å². The van der Waals surface area contributed by atoms with Gasteiger partial charge in [-0.3, -0.25) is 0 Å². The van der Waals surface area contributed by atoms with E-state index in [1.807, 2.05) is 0 Å². The summed E-state index contributed by atoms with van der Waals surface area (Å²) in [6, 6.07) is 13.4. The fraction of sp³-hybridized carbons (Fsp3) is 0.423. The molecule has 3 aromatic rings. The van der Waals surface area contributed by atoms with Crippen molar-refractivity contribution in [1.29, 1.82) is 0 Å². The lowest BCUT2D eigenvalue weighted by molar-refractivity contribution is -0.595. The standard InChI is InChI=1S/C26H34BrN2/c1-17(2)21-10-8-11-22(18(3)4)25(21)28-14-15-29(16-28)26-23(19(5)6)12-9-13-24(26)20(7)27/h8-20H,1-7H3/q+1. The number of halogens is 1. The Morgan fingerprint density at radius 1 is 0.724 bits per heavy atom. The number of aromatic nitrogens is 2. The molecule has 1 heterocycles. The third-order valence-electron chi connectivity index (χ3n) is 5.64. The summed E-state index contributed by atoms with van der Waals surface area (Å²) in [6.07, 6.45) is 6.64. The number of para-hydroxylation sites is 2. The van der Waals surface area contributed by atoms with Crippen LogP contribution in [-0.2, 0) is 0 Å². The molecule has 0 aliphatic carbocycles. The topological polar surface area (TPSA) is 8.81 Å².